The summed E-state index contributed by atoms with van der Waals surface area (Å²) in [5.41, 5.74) is 1.28. The number of hydrogen-bond donors (Lipinski definition) is 1. The van der Waals surface area contributed by atoms with Gasteiger partial charge in [-0.15, -0.1) is 24.8 Å². The molecule has 2 rings (SSSR count). The number of ether oxygens (including phenoxy) is 1. The standard InChI is InChI=1S/C22H38N2O.2ClH/c1-19(2)13-14-21(22(25-3)20-11-6-4-7-12-20)23-15-10-18-24-16-8-5-9-17-24;;/h4,6-7,11-12,19,21-23H,5,8-10,13-18H2,1-3H3;2*1H. The van der Waals surface area contributed by atoms with Gasteiger partial charge in [0.15, 0.2) is 0 Å². The normalized spacial score (nSPS) is 17.0. The van der Waals surface area contributed by atoms with Gasteiger partial charge in [-0.3, -0.25) is 0 Å². The van der Waals surface area contributed by atoms with Crippen LogP contribution >= 0.6 is 24.8 Å². The van der Waals surface area contributed by atoms with Crippen molar-refractivity contribution in [3.63, 3.8) is 0 Å². The van der Waals surface area contributed by atoms with Crippen LogP contribution in [0.2, 0.25) is 0 Å². The summed E-state index contributed by atoms with van der Waals surface area (Å²) in [7, 11) is 1.84. The van der Waals surface area contributed by atoms with Gasteiger partial charge in [-0.05, 0) is 69.8 Å². The summed E-state index contributed by atoms with van der Waals surface area (Å²) in [4.78, 5) is 2.62. The Bertz CT molecular complexity index is 453. The first-order chi connectivity index (χ1) is 12.2. The maximum absolute atomic E-state index is 5.90. The van der Waals surface area contributed by atoms with Crippen LogP contribution in [0, 0.1) is 5.92 Å². The zero-order valence-corrected chi connectivity index (χ0v) is 19.0. The molecule has 0 aromatic heterocycles. The van der Waals surface area contributed by atoms with Crippen molar-refractivity contribution in [2.24, 2.45) is 5.92 Å². The molecule has 0 saturated carbocycles. The molecule has 1 aromatic carbocycles. The van der Waals surface area contributed by atoms with Crippen LogP contribution in [0.4, 0.5) is 0 Å². The van der Waals surface area contributed by atoms with E-state index in [1.807, 2.05) is 7.11 Å². The highest BCUT2D eigenvalue weighted by Crippen LogP contribution is 2.24. The summed E-state index contributed by atoms with van der Waals surface area (Å²) in [5, 5.41) is 3.81. The number of halogens is 2. The van der Waals surface area contributed by atoms with E-state index in [9.17, 15) is 0 Å². The molecular formula is C22H40Cl2N2O. The average Bonchev–Trinajstić information content (AvgIpc) is 2.64. The highest BCUT2D eigenvalue weighted by atomic mass is 35.5. The highest BCUT2D eigenvalue weighted by Gasteiger charge is 2.22. The molecule has 3 nitrogen and oxygen atoms in total. The molecule has 2 atom stereocenters. The van der Waals surface area contributed by atoms with E-state index in [0.29, 0.717) is 6.04 Å². The molecule has 1 saturated heterocycles. The molecule has 2 unspecified atom stereocenters. The van der Waals surface area contributed by atoms with Crippen LogP contribution in [0.5, 0.6) is 0 Å². The van der Waals surface area contributed by atoms with Crippen molar-refractivity contribution in [1.82, 2.24) is 10.2 Å². The molecule has 0 amide bonds. The second-order valence-corrected chi connectivity index (χ2v) is 7.85. The van der Waals surface area contributed by atoms with Crippen LogP contribution in [0.15, 0.2) is 30.3 Å². The third-order valence-electron chi connectivity index (χ3n) is 5.31. The van der Waals surface area contributed by atoms with Crippen LogP contribution in [-0.2, 0) is 4.74 Å². The Balaban J connectivity index is 0.00000338. The molecule has 1 N–H and O–H groups in total. The molecule has 158 valence electrons. The predicted octanol–water partition coefficient (Wildman–Crippen LogP) is 5.49. The van der Waals surface area contributed by atoms with Crippen molar-refractivity contribution in [1.29, 1.82) is 0 Å². The number of nitrogens with one attached hydrogen (secondary N) is 1. The highest BCUT2D eigenvalue weighted by molar-refractivity contribution is 5.85. The van der Waals surface area contributed by atoms with Gasteiger partial charge in [-0.2, -0.15) is 0 Å². The summed E-state index contributed by atoms with van der Waals surface area (Å²) in [6, 6.07) is 11.0. The molecule has 0 spiro atoms. The molecule has 1 heterocycles. The minimum atomic E-state index is 0. The first kappa shape index (κ1) is 26.7. The summed E-state index contributed by atoms with van der Waals surface area (Å²) in [6.45, 7) is 9.50. The van der Waals surface area contributed by atoms with E-state index in [-0.39, 0.29) is 30.9 Å². The minimum Gasteiger partial charge on any atom is -0.375 e. The minimum absolute atomic E-state index is 0. The van der Waals surface area contributed by atoms with E-state index in [4.69, 9.17) is 4.74 Å². The fourth-order valence-electron chi connectivity index (χ4n) is 3.82. The number of piperidine rings is 1. The van der Waals surface area contributed by atoms with Gasteiger partial charge in [0.25, 0.3) is 0 Å². The molecule has 0 bridgehead atoms. The Kier molecular flexibility index (Phi) is 15.4. The van der Waals surface area contributed by atoms with E-state index in [1.165, 1.54) is 57.3 Å². The SMILES string of the molecule is COC(c1ccccc1)C(CCC(C)C)NCCCN1CCCCC1.Cl.Cl. The van der Waals surface area contributed by atoms with Crippen LogP contribution in [-0.4, -0.2) is 44.2 Å². The lowest BCUT2D eigenvalue weighted by Crippen LogP contribution is -2.38. The lowest BCUT2D eigenvalue weighted by atomic mass is 9.95. The quantitative estimate of drug-likeness (QED) is 0.480. The molecule has 1 aliphatic rings. The zero-order valence-electron chi connectivity index (χ0n) is 17.4. The molecule has 1 fully saturated rings. The summed E-state index contributed by atoms with van der Waals surface area (Å²) in [5.74, 6) is 0.728. The molecule has 0 radical (unpaired) electrons. The number of rotatable bonds is 11. The lowest BCUT2D eigenvalue weighted by Gasteiger charge is -2.29. The molecule has 0 aliphatic carbocycles. The van der Waals surface area contributed by atoms with Gasteiger partial charge in [0.1, 0.15) is 0 Å². The second kappa shape index (κ2) is 15.6. The number of benzene rings is 1. The van der Waals surface area contributed by atoms with Gasteiger partial charge in [0.05, 0.1) is 6.10 Å². The van der Waals surface area contributed by atoms with Gasteiger partial charge in [0.2, 0.25) is 0 Å². The van der Waals surface area contributed by atoms with Gasteiger partial charge in [0, 0.05) is 13.2 Å². The Morgan fingerprint density at radius 1 is 1.00 bits per heavy atom. The largest absolute Gasteiger partial charge is 0.375 e. The molecule has 1 aromatic rings. The summed E-state index contributed by atoms with van der Waals surface area (Å²) >= 11 is 0. The van der Waals surface area contributed by atoms with Gasteiger partial charge in [-0.1, -0.05) is 50.6 Å². The average molecular weight is 419 g/mol. The van der Waals surface area contributed by atoms with Crippen LogP contribution in [0.1, 0.15) is 64.0 Å². The molecule has 1 aliphatic heterocycles. The van der Waals surface area contributed by atoms with E-state index in [2.05, 4.69) is 54.4 Å². The Hall–Kier alpha value is -0.320. The topological polar surface area (TPSA) is 24.5 Å². The maximum Gasteiger partial charge on any atom is 0.0973 e. The van der Waals surface area contributed by atoms with Gasteiger partial charge >= 0.3 is 0 Å². The lowest BCUT2D eigenvalue weighted by molar-refractivity contribution is 0.0625. The van der Waals surface area contributed by atoms with Crippen LogP contribution in [0.25, 0.3) is 0 Å². The first-order valence-corrected chi connectivity index (χ1v) is 10.2. The van der Waals surface area contributed by atoms with Crippen molar-refractivity contribution in [3.8, 4) is 0 Å². The van der Waals surface area contributed by atoms with Gasteiger partial charge < -0.3 is 15.0 Å². The van der Waals surface area contributed by atoms with Gasteiger partial charge in [-0.25, -0.2) is 0 Å². The first-order valence-electron chi connectivity index (χ1n) is 10.2. The third-order valence-corrected chi connectivity index (χ3v) is 5.31. The van der Waals surface area contributed by atoms with E-state index in [0.717, 1.165) is 18.9 Å². The summed E-state index contributed by atoms with van der Waals surface area (Å²) in [6.07, 6.45) is 7.93. The van der Waals surface area contributed by atoms with Crippen LogP contribution < -0.4 is 5.32 Å². The smallest absolute Gasteiger partial charge is 0.0973 e. The number of likely N-dealkylation sites (tertiary alicyclic amines) is 1. The second-order valence-electron chi connectivity index (χ2n) is 7.85. The Morgan fingerprint density at radius 3 is 2.26 bits per heavy atom. The van der Waals surface area contributed by atoms with Crippen LogP contribution in [0.3, 0.4) is 0 Å². The zero-order chi connectivity index (χ0) is 17.9. The summed E-state index contributed by atoms with van der Waals surface area (Å²) < 4.78 is 5.90. The number of nitrogens with zero attached hydrogens (tertiary/aromatic N) is 1. The molecule has 27 heavy (non-hydrogen) atoms. The van der Waals surface area contributed by atoms with Crippen molar-refractivity contribution < 1.29 is 4.74 Å². The monoisotopic (exact) mass is 418 g/mol. The fraction of sp³-hybridized carbons (Fsp3) is 0.727. The van der Waals surface area contributed by atoms with E-state index >= 15 is 0 Å². The maximum atomic E-state index is 5.90. The van der Waals surface area contributed by atoms with Crippen molar-refractivity contribution in [2.45, 2.75) is 64.5 Å². The number of hydrogen-bond acceptors (Lipinski definition) is 3. The Labute approximate surface area is 179 Å². The fourth-order valence-corrected chi connectivity index (χ4v) is 3.82. The van der Waals surface area contributed by atoms with E-state index < -0.39 is 0 Å². The predicted molar refractivity (Wildman–Crippen MR) is 121 cm³/mol. The molecular weight excluding hydrogens is 379 g/mol. The Morgan fingerprint density at radius 2 is 1.67 bits per heavy atom. The van der Waals surface area contributed by atoms with E-state index in [1.54, 1.807) is 0 Å². The van der Waals surface area contributed by atoms with Crippen molar-refractivity contribution in [2.75, 3.05) is 33.3 Å². The van der Waals surface area contributed by atoms with Crippen molar-refractivity contribution >= 4 is 24.8 Å². The molecule has 5 heteroatoms. The third kappa shape index (κ3) is 10.1. The number of methoxy groups -OCH3 is 1. The van der Waals surface area contributed by atoms with Crippen molar-refractivity contribution in [3.05, 3.63) is 35.9 Å².